The van der Waals surface area contributed by atoms with Crippen LogP contribution < -0.4 is 6.54 Å². The topological polar surface area (TPSA) is 0 Å². The molecule has 0 heterocycles. The normalized spacial score (nSPS) is 28.8. The van der Waals surface area contributed by atoms with Crippen molar-refractivity contribution in [3.63, 3.8) is 0 Å². The van der Waals surface area contributed by atoms with Crippen molar-refractivity contribution in [1.82, 2.24) is 0 Å². The summed E-state index contributed by atoms with van der Waals surface area (Å²) < 4.78 is 10.6. The Hall–Kier alpha value is -2.89. The van der Waals surface area contributed by atoms with Crippen molar-refractivity contribution in [2.45, 2.75) is 105 Å². The summed E-state index contributed by atoms with van der Waals surface area (Å²) in [6, 6.07) is 29.1. The Bertz CT molecular complexity index is 2170. The summed E-state index contributed by atoms with van der Waals surface area (Å²) >= 11 is -5.19. The molecule has 0 amide bonds. The van der Waals surface area contributed by atoms with Crippen LogP contribution in [0, 0.1) is 41.4 Å². The SMILES string of the molecule is [CH2]=[Zr]([C]1=C(C)C=CC1)([c]1ccc(C)cc1)([c]1ccc(C)cc1)[C]1(C)C2=C3Cc4ccccc4C3=C3C=CCCC3C2(C)C(C)(C)C(C)(C)C1(C)C. The minimum atomic E-state index is -5.19. The molecule has 0 spiro atoms. The first-order valence-corrected chi connectivity index (χ1v) is 26.3. The van der Waals surface area contributed by atoms with E-state index in [-0.39, 0.29) is 24.8 Å². The van der Waals surface area contributed by atoms with E-state index in [0.717, 1.165) is 19.3 Å². The Kier molecular flexibility index (Phi) is 7.48. The van der Waals surface area contributed by atoms with Crippen molar-refractivity contribution >= 4 is 16.3 Å². The molecule has 3 aromatic carbocycles. The van der Waals surface area contributed by atoms with Gasteiger partial charge in [-0.05, 0) is 0 Å². The van der Waals surface area contributed by atoms with Gasteiger partial charge in [0.15, 0.2) is 0 Å². The molecule has 51 heavy (non-hydrogen) atoms. The molecule has 1 heteroatoms. The summed E-state index contributed by atoms with van der Waals surface area (Å²) in [5.41, 5.74) is 13.3. The van der Waals surface area contributed by atoms with E-state index in [1.807, 2.05) is 0 Å². The summed E-state index contributed by atoms with van der Waals surface area (Å²) in [4.78, 5) is 0. The van der Waals surface area contributed by atoms with Crippen LogP contribution >= 0.6 is 0 Å². The molecule has 3 unspecified atom stereocenters. The Balaban J connectivity index is 1.69. The molecule has 0 aromatic heterocycles. The molecule has 1 saturated carbocycles. The Labute approximate surface area is 310 Å². The van der Waals surface area contributed by atoms with Gasteiger partial charge < -0.3 is 0 Å². The third kappa shape index (κ3) is 3.79. The van der Waals surface area contributed by atoms with Crippen molar-refractivity contribution < 1.29 is 18.3 Å². The molecule has 0 N–H and O–H groups in total. The summed E-state index contributed by atoms with van der Waals surface area (Å²) in [6.07, 6.45) is 14.2. The molecule has 3 aromatic rings. The summed E-state index contributed by atoms with van der Waals surface area (Å²) in [5.74, 6) is 0.437. The second kappa shape index (κ2) is 10.8. The number of allylic oxidation sites excluding steroid dienone is 10. The van der Waals surface area contributed by atoms with Gasteiger partial charge in [-0.3, -0.25) is 0 Å². The number of rotatable bonds is 4. The van der Waals surface area contributed by atoms with Crippen LogP contribution in [0.2, 0.25) is 3.12 Å². The van der Waals surface area contributed by atoms with Crippen LogP contribution in [0.3, 0.4) is 0 Å². The van der Waals surface area contributed by atoms with Crippen LogP contribution in [0.15, 0.2) is 123 Å². The third-order valence-electron chi connectivity index (χ3n) is 17.5. The molecular formula is C50H60Zr. The Morgan fingerprint density at radius 1 is 0.667 bits per heavy atom. The summed E-state index contributed by atoms with van der Waals surface area (Å²) in [7, 11) is 0. The average molecular weight is 752 g/mol. The van der Waals surface area contributed by atoms with Gasteiger partial charge in [0, 0.05) is 0 Å². The van der Waals surface area contributed by atoms with Gasteiger partial charge in [0.25, 0.3) is 0 Å². The van der Waals surface area contributed by atoms with Crippen molar-refractivity contribution in [3.8, 4) is 0 Å². The first kappa shape index (κ1) is 35.2. The van der Waals surface area contributed by atoms with E-state index in [1.54, 1.807) is 25.6 Å². The van der Waals surface area contributed by atoms with Gasteiger partial charge in [0.2, 0.25) is 0 Å². The first-order valence-electron chi connectivity index (χ1n) is 19.7. The van der Waals surface area contributed by atoms with Crippen LogP contribution in [0.5, 0.6) is 0 Å². The molecule has 5 aliphatic rings. The van der Waals surface area contributed by atoms with E-state index < -0.39 is 18.3 Å². The third-order valence-corrected chi connectivity index (χ3v) is 37.8. The Morgan fingerprint density at radius 2 is 1.25 bits per heavy atom. The van der Waals surface area contributed by atoms with E-state index >= 15 is 0 Å². The van der Waals surface area contributed by atoms with Crippen molar-refractivity contribution in [2.24, 2.45) is 27.6 Å². The molecular weight excluding hydrogens is 692 g/mol. The van der Waals surface area contributed by atoms with Gasteiger partial charge in [-0.15, -0.1) is 0 Å². The van der Waals surface area contributed by atoms with Gasteiger partial charge in [-0.2, -0.15) is 0 Å². The van der Waals surface area contributed by atoms with Gasteiger partial charge in [0.05, 0.1) is 0 Å². The Morgan fingerprint density at radius 3 is 1.82 bits per heavy atom. The number of hydrogen-bond acceptors (Lipinski definition) is 0. The van der Waals surface area contributed by atoms with Crippen molar-refractivity contribution in [2.75, 3.05) is 0 Å². The van der Waals surface area contributed by atoms with Crippen molar-refractivity contribution in [1.29, 1.82) is 0 Å². The zero-order chi connectivity index (χ0) is 36.6. The van der Waals surface area contributed by atoms with Crippen LogP contribution in [0.4, 0.5) is 0 Å². The number of fused-ring (bicyclic) bond motifs is 6. The summed E-state index contributed by atoms with van der Waals surface area (Å²) in [5, 5.41) is 0. The second-order valence-corrected chi connectivity index (χ2v) is 33.2. The number of hydrogen-bond donors (Lipinski definition) is 0. The molecule has 264 valence electrons. The fourth-order valence-corrected chi connectivity index (χ4v) is 35.0. The van der Waals surface area contributed by atoms with Gasteiger partial charge >= 0.3 is 312 Å². The average Bonchev–Trinajstić information content (AvgIpc) is 3.71. The zero-order valence-electron chi connectivity index (χ0n) is 33.4. The van der Waals surface area contributed by atoms with E-state index in [9.17, 15) is 0 Å². The van der Waals surface area contributed by atoms with E-state index in [2.05, 4.69) is 173 Å². The fourth-order valence-electron chi connectivity index (χ4n) is 13.4. The van der Waals surface area contributed by atoms with Gasteiger partial charge in [-0.25, -0.2) is 0 Å². The first-order chi connectivity index (χ1) is 23.9. The summed E-state index contributed by atoms with van der Waals surface area (Å²) in [6.45, 7) is 28.4. The molecule has 1 fully saturated rings. The molecule has 0 radical (unpaired) electrons. The van der Waals surface area contributed by atoms with Crippen LogP contribution in [0.25, 0.3) is 5.57 Å². The molecule has 5 aliphatic carbocycles. The predicted octanol–water partition coefficient (Wildman–Crippen LogP) is 12.2. The molecule has 3 atom stereocenters. The molecule has 0 nitrogen and oxygen atoms in total. The maximum absolute atomic E-state index is 6.17. The monoisotopic (exact) mass is 750 g/mol. The van der Waals surface area contributed by atoms with Gasteiger partial charge in [-0.1, -0.05) is 0 Å². The standard InChI is InChI=1S/C29H37.2C7H7.C6H7.CH2.Zr/c1-18-25-22-17-19-13-9-10-14-20(19)24(22)21-15-11-12-16-23(21)29(25,8)28(6,7)27(4,5)26(18,2)3;2*1-7-5-3-2-4-6-7;1-6-4-2-3-5-6;;/h9-11,13-15,23H,12,16-17H2,1-8H3;2*3-6H,1H3;2,4H,3H2,1H3;1H2;. The maximum atomic E-state index is 6.17. The zero-order valence-corrected chi connectivity index (χ0v) is 35.8. The predicted molar refractivity (Wildman–Crippen MR) is 219 cm³/mol. The fraction of sp³-hybridized carbons (Fsp3) is 0.420. The number of aryl methyl sites for hydroxylation is 2. The van der Waals surface area contributed by atoms with E-state index in [0.29, 0.717) is 5.92 Å². The van der Waals surface area contributed by atoms with E-state index in [1.165, 1.54) is 40.8 Å². The molecule has 8 rings (SSSR count). The molecule has 0 saturated heterocycles. The molecule has 0 aliphatic heterocycles. The second-order valence-electron chi connectivity index (χ2n) is 19.2. The number of benzene rings is 3. The van der Waals surface area contributed by atoms with Crippen LogP contribution in [0.1, 0.15) is 104 Å². The molecule has 0 bridgehead atoms. The quantitative estimate of drug-likeness (QED) is 0.249. The van der Waals surface area contributed by atoms with Crippen molar-refractivity contribution in [3.05, 3.63) is 145 Å². The van der Waals surface area contributed by atoms with Gasteiger partial charge in [0.1, 0.15) is 0 Å². The minimum absolute atomic E-state index is 0.0153. The van der Waals surface area contributed by atoms with E-state index in [4.69, 9.17) is 4.21 Å². The van der Waals surface area contributed by atoms with Crippen LogP contribution in [-0.4, -0.2) is 4.21 Å². The van der Waals surface area contributed by atoms with Crippen LogP contribution in [-0.2, 0) is 24.7 Å².